The van der Waals surface area contributed by atoms with Gasteiger partial charge in [0.1, 0.15) is 11.3 Å². The van der Waals surface area contributed by atoms with Gasteiger partial charge in [0, 0.05) is 32.7 Å². The van der Waals surface area contributed by atoms with Crippen molar-refractivity contribution < 1.29 is 9.53 Å². The molecule has 0 bridgehead atoms. The third kappa shape index (κ3) is 4.80. The van der Waals surface area contributed by atoms with E-state index in [0.717, 1.165) is 25.2 Å². The molecule has 6 nitrogen and oxygen atoms in total. The molecular formula is C16H23N3O3. The van der Waals surface area contributed by atoms with Crippen LogP contribution in [0.25, 0.3) is 0 Å². The zero-order valence-corrected chi connectivity index (χ0v) is 13.4. The molecule has 0 saturated carbocycles. The van der Waals surface area contributed by atoms with Crippen molar-refractivity contribution in [1.82, 2.24) is 9.80 Å². The largest absolute Gasteiger partial charge is 0.444 e. The fourth-order valence-electron chi connectivity index (χ4n) is 2.34. The lowest BCUT2D eigenvalue weighted by Crippen LogP contribution is -2.49. The van der Waals surface area contributed by atoms with E-state index < -0.39 is 5.60 Å². The van der Waals surface area contributed by atoms with Crippen molar-refractivity contribution in [1.29, 1.82) is 0 Å². The van der Waals surface area contributed by atoms with Crippen molar-refractivity contribution >= 4 is 11.8 Å². The number of rotatable bonds is 3. The van der Waals surface area contributed by atoms with Gasteiger partial charge in [0.05, 0.1) is 0 Å². The van der Waals surface area contributed by atoms with Crippen LogP contribution in [0.5, 0.6) is 0 Å². The second-order valence-electron chi connectivity index (χ2n) is 6.50. The van der Waals surface area contributed by atoms with Crippen molar-refractivity contribution in [3.05, 3.63) is 34.7 Å². The summed E-state index contributed by atoms with van der Waals surface area (Å²) in [6, 6.07) is 7.27. The molecule has 0 N–H and O–H groups in total. The van der Waals surface area contributed by atoms with Crippen LogP contribution in [-0.2, 0) is 11.3 Å². The van der Waals surface area contributed by atoms with E-state index in [1.54, 1.807) is 17.0 Å². The van der Waals surface area contributed by atoms with Crippen LogP contribution < -0.4 is 0 Å². The molecule has 120 valence electrons. The van der Waals surface area contributed by atoms with Gasteiger partial charge in [-0.25, -0.2) is 4.79 Å². The second-order valence-corrected chi connectivity index (χ2v) is 6.50. The molecule has 0 spiro atoms. The van der Waals surface area contributed by atoms with Crippen molar-refractivity contribution in [2.75, 3.05) is 26.2 Å². The Labute approximate surface area is 131 Å². The highest BCUT2D eigenvalue weighted by Gasteiger charge is 2.25. The molecule has 1 fully saturated rings. The molecule has 0 aromatic heterocycles. The van der Waals surface area contributed by atoms with E-state index in [9.17, 15) is 9.70 Å². The maximum absolute atomic E-state index is 12.0. The lowest BCUT2D eigenvalue weighted by molar-refractivity contribution is 0.0139. The average Bonchev–Trinajstić information content (AvgIpc) is 2.47. The van der Waals surface area contributed by atoms with Gasteiger partial charge in [-0.05, 0) is 43.6 Å². The summed E-state index contributed by atoms with van der Waals surface area (Å²) in [6.07, 6.45) is -0.242. The molecule has 2 rings (SSSR count). The maximum Gasteiger partial charge on any atom is 0.410 e. The molecule has 0 unspecified atom stereocenters. The number of carbonyl (C=O) groups excluding carboxylic acids is 1. The summed E-state index contributed by atoms with van der Waals surface area (Å²) >= 11 is 0. The van der Waals surface area contributed by atoms with Gasteiger partial charge in [0.25, 0.3) is 0 Å². The Kier molecular flexibility index (Phi) is 5.13. The summed E-state index contributed by atoms with van der Waals surface area (Å²) in [4.78, 5) is 26.4. The number of hydrogen-bond donors (Lipinski definition) is 0. The van der Waals surface area contributed by atoms with E-state index in [4.69, 9.17) is 4.74 Å². The van der Waals surface area contributed by atoms with Gasteiger partial charge in [-0.2, -0.15) is 0 Å². The number of carbonyl (C=O) groups is 1. The summed E-state index contributed by atoms with van der Waals surface area (Å²) in [7, 11) is 0. The molecule has 1 aromatic rings. The summed E-state index contributed by atoms with van der Waals surface area (Å²) in [5.41, 5.74) is 1.12. The molecule has 22 heavy (non-hydrogen) atoms. The fourth-order valence-corrected chi connectivity index (χ4v) is 2.34. The number of amides is 1. The van der Waals surface area contributed by atoms with Crippen LogP contribution in [0.4, 0.5) is 10.5 Å². The molecule has 1 heterocycles. The maximum atomic E-state index is 12.0. The first-order valence-corrected chi connectivity index (χ1v) is 7.50. The van der Waals surface area contributed by atoms with Crippen LogP contribution in [0.15, 0.2) is 29.4 Å². The number of nitrogens with zero attached hydrogens (tertiary/aromatic N) is 3. The minimum absolute atomic E-state index is 0.242. The highest BCUT2D eigenvalue weighted by molar-refractivity contribution is 5.68. The minimum Gasteiger partial charge on any atom is -0.444 e. The van der Waals surface area contributed by atoms with Gasteiger partial charge in [0.2, 0.25) is 0 Å². The first-order valence-electron chi connectivity index (χ1n) is 7.50. The highest BCUT2D eigenvalue weighted by atomic mass is 16.6. The Morgan fingerprint density at radius 3 is 2.23 bits per heavy atom. The van der Waals surface area contributed by atoms with Gasteiger partial charge in [-0.1, -0.05) is 12.1 Å². The van der Waals surface area contributed by atoms with Crippen molar-refractivity contribution in [2.24, 2.45) is 5.18 Å². The summed E-state index contributed by atoms with van der Waals surface area (Å²) in [6.45, 7) is 9.39. The molecule has 1 aliphatic heterocycles. The quantitative estimate of drug-likeness (QED) is 0.805. The fraction of sp³-hybridized carbons (Fsp3) is 0.562. The van der Waals surface area contributed by atoms with Gasteiger partial charge >= 0.3 is 6.09 Å². The third-order valence-corrected chi connectivity index (χ3v) is 3.47. The molecule has 1 aliphatic rings. The van der Waals surface area contributed by atoms with Gasteiger partial charge < -0.3 is 9.64 Å². The molecule has 0 aliphatic carbocycles. The van der Waals surface area contributed by atoms with Crippen LogP contribution in [0.1, 0.15) is 26.3 Å². The molecule has 6 heteroatoms. The molecule has 1 amide bonds. The smallest absolute Gasteiger partial charge is 0.410 e. The molecule has 0 atom stereocenters. The second kappa shape index (κ2) is 6.87. The predicted molar refractivity (Wildman–Crippen MR) is 85.0 cm³/mol. The Morgan fingerprint density at radius 1 is 1.14 bits per heavy atom. The van der Waals surface area contributed by atoms with Crippen molar-refractivity contribution in [2.45, 2.75) is 32.9 Å². The number of nitroso groups, excluding NO2 is 1. The number of hydrogen-bond acceptors (Lipinski definition) is 5. The van der Waals surface area contributed by atoms with E-state index in [2.05, 4.69) is 10.1 Å². The lowest BCUT2D eigenvalue weighted by atomic mass is 10.2. The Balaban J connectivity index is 1.81. The number of piperazine rings is 1. The Morgan fingerprint density at radius 2 is 1.73 bits per heavy atom. The SMILES string of the molecule is CC(C)(C)OC(=O)N1CCN(Cc2ccc(N=O)cc2)CC1. The summed E-state index contributed by atoms with van der Waals surface area (Å²) in [5, 5.41) is 2.90. The third-order valence-electron chi connectivity index (χ3n) is 3.47. The van der Waals surface area contributed by atoms with E-state index >= 15 is 0 Å². The monoisotopic (exact) mass is 305 g/mol. The van der Waals surface area contributed by atoms with Crippen molar-refractivity contribution in [3.8, 4) is 0 Å². The summed E-state index contributed by atoms with van der Waals surface area (Å²) < 4.78 is 5.38. The molecular weight excluding hydrogens is 282 g/mol. The normalized spacial score (nSPS) is 16.4. The van der Waals surface area contributed by atoms with Crippen LogP contribution >= 0.6 is 0 Å². The van der Waals surface area contributed by atoms with E-state index in [1.165, 1.54) is 0 Å². The van der Waals surface area contributed by atoms with Gasteiger partial charge in [-0.15, -0.1) is 4.91 Å². The van der Waals surface area contributed by atoms with E-state index in [-0.39, 0.29) is 6.09 Å². The zero-order valence-electron chi connectivity index (χ0n) is 13.4. The number of ether oxygens (including phenoxy) is 1. The molecule has 0 radical (unpaired) electrons. The predicted octanol–water partition coefficient (Wildman–Crippen LogP) is 3.14. The van der Waals surface area contributed by atoms with Gasteiger partial charge in [0.15, 0.2) is 0 Å². The van der Waals surface area contributed by atoms with E-state index in [0.29, 0.717) is 18.8 Å². The van der Waals surface area contributed by atoms with Crippen LogP contribution in [0, 0.1) is 4.91 Å². The van der Waals surface area contributed by atoms with Crippen LogP contribution in [0.3, 0.4) is 0 Å². The minimum atomic E-state index is -0.456. The van der Waals surface area contributed by atoms with Crippen LogP contribution in [0.2, 0.25) is 0 Å². The highest BCUT2D eigenvalue weighted by Crippen LogP contribution is 2.16. The van der Waals surface area contributed by atoms with Crippen molar-refractivity contribution in [3.63, 3.8) is 0 Å². The van der Waals surface area contributed by atoms with Crippen LogP contribution in [-0.4, -0.2) is 47.7 Å². The Bertz CT molecular complexity index is 514. The standard InChI is InChI=1S/C16H23N3O3/c1-16(2,3)22-15(20)19-10-8-18(9-11-19)12-13-4-6-14(17-21)7-5-13/h4-7H,8-12H2,1-3H3. The number of benzene rings is 1. The van der Waals surface area contributed by atoms with Gasteiger partial charge in [-0.3, -0.25) is 4.90 Å². The lowest BCUT2D eigenvalue weighted by Gasteiger charge is -2.35. The first kappa shape index (κ1) is 16.4. The first-order chi connectivity index (χ1) is 10.4. The average molecular weight is 305 g/mol. The summed E-state index contributed by atoms with van der Waals surface area (Å²) in [5.74, 6) is 0. The Hall–Kier alpha value is -1.95. The van der Waals surface area contributed by atoms with E-state index in [1.807, 2.05) is 32.9 Å². The molecule has 1 aromatic carbocycles. The zero-order chi connectivity index (χ0) is 16.2. The topological polar surface area (TPSA) is 62.2 Å². The molecule has 1 saturated heterocycles.